The second-order valence-corrected chi connectivity index (χ2v) is 5.53. The van der Waals surface area contributed by atoms with Crippen molar-refractivity contribution in [2.24, 2.45) is 0 Å². The van der Waals surface area contributed by atoms with Crippen LogP contribution in [0.4, 0.5) is 13.2 Å². The fraction of sp³-hybridized carbons (Fsp3) is 0.538. The fourth-order valence-electron chi connectivity index (χ4n) is 2.67. The molecule has 1 saturated heterocycles. The van der Waals surface area contributed by atoms with Crippen molar-refractivity contribution in [1.82, 2.24) is 24.8 Å². The molecule has 0 unspecified atom stereocenters. The summed E-state index contributed by atoms with van der Waals surface area (Å²) in [5.41, 5.74) is -0.512. The van der Waals surface area contributed by atoms with Gasteiger partial charge in [0.2, 0.25) is 0 Å². The molecule has 1 aliphatic heterocycles. The molecule has 0 bridgehead atoms. The number of aromatic nitrogens is 3. The van der Waals surface area contributed by atoms with Crippen molar-refractivity contribution in [3.8, 4) is 0 Å². The van der Waals surface area contributed by atoms with E-state index in [4.69, 9.17) is 11.6 Å². The van der Waals surface area contributed by atoms with E-state index in [0.29, 0.717) is 6.54 Å². The minimum Gasteiger partial charge on any atom is -0.320 e. The van der Waals surface area contributed by atoms with Crippen LogP contribution >= 0.6 is 11.6 Å². The quantitative estimate of drug-likeness (QED) is 0.873. The molecular formula is C13H15ClF3N5. The third kappa shape index (κ3) is 3.04. The van der Waals surface area contributed by atoms with E-state index < -0.39 is 11.9 Å². The first-order valence-electron chi connectivity index (χ1n) is 6.97. The molecule has 0 amide bonds. The molecule has 3 heterocycles. The lowest BCUT2D eigenvalue weighted by Gasteiger charge is -2.27. The molecular weight excluding hydrogens is 319 g/mol. The molecule has 0 aliphatic carbocycles. The highest BCUT2D eigenvalue weighted by Gasteiger charge is 2.36. The standard InChI is InChI=1S/C13H15ClF3N5/c14-11-9-7-10(13(15,16)17)22(12(9)20-8-19-11)6-5-21-3-1-18-2-4-21/h7-8,18H,1-6H2. The highest BCUT2D eigenvalue weighted by molar-refractivity contribution is 6.33. The number of rotatable bonds is 3. The molecule has 0 saturated carbocycles. The number of fused-ring (bicyclic) bond motifs is 1. The molecule has 2 aromatic heterocycles. The van der Waals surface area contributed by atoms with E-state index in [9.17, 15) is 13.2 Å². The maximum atomic E-state index is 13.2. The smallest absolute Gasteiger partial charge is 0.320 e. The summed E-state index contributed by atoms with van der Waals surface area (Å²) >= 11 is 5.89. The number of alkyl halides is 3. The van der Waals surface area contributed by atoms with Crippen LogP contribution in [0.3, 0.4) is 0 Å². The van der Waals surface area contributed by atoms with E-state index in [0.717, 1.165) is 32.2 Å². The van der Waals surface area contributed by atoms with Gasteiger partial charge in [0.15, 0.2) is 0 Å². The Labute approximate surface area is 130 Å². The lowest BCUT2D eigenvalue weighted by Crippen LogP contribution is -2.44. The summed E-state index contributed by atoms with van der Waals surface area (Å²) in [6, 6.07) is 1.02. The Morgan fingerprint density at radius 2 is 1.91 bits per heavy atom. The van der Waals surface area contributed by atoms with Crippen LogP contribution in [0.25, 0.3) is 11.0 Å². The summed E-state index contributed by atoms with van der Waals surface area (Å²) in [5, 5.41) is 3.49. The van der Waals surface area contributed by atoms with Crippen molar-refractivity contribution in [3.63, 3.8) is 0 Å². The Balaban J connectivity index is 1.93. The highest BCUT2D eigenvalue weighted by atomic mass is 35.5. The summed E-state index contributed by atoms with van der Waals surface area (Å²) in [5.74, 6) is 0. The van der Waals surface area contributed by atoms with Crippen molar-refractivity contribution in [2.75, 3.05) is 32.7 Å². The number of nitrogens with zero attached hydrogens (tertiary/aromatic N) is 4. The van der Waals surface area contributed by atoms with E-state index in [-0.39, 0.29) is 22.7 Å². The number of hydrogen-bond donors (Lipinski definition) is 1. The van der Waals surface area contributed by atoms with Gasteiger partial charge < -0.3 is 9.88 Å². The van der Waals surface area contributed by atoms with E-state index in [2.05, 4.69) is 20.2 Å². The Kier molecular flexibility index (Phi) is 4.24. The molecule has 2 aromatic rings. The molecule has 0 aromatic carbocycles. The van der Waals surface area contributed by atoms with E-state index in [1.807, 2.05) is 0 Å². The Morgan fingerprint density at radius 3 is 2.59 bits per heavy atom. The van der Waals surface area contributed by atoms with Gasteiger partial charge in [0.1, 0.15) is 22.8 Å². The number of piperazine rings is 1. The molecule has 1 N–H and O–H groups in total. The average Bonchev–Trinajstić information content (AvgIpc) is 2.86. The van der Waals surface area contributed by atoms with Gasteiger partial charge in [-0.15, -0.1) is 0 Å². The molecule has 22 heavy (non-hydrogen) atoms. The minimum atomic E-state index is -4.45. The topological polar surface area (TPSA) is 46.0 Å². The first kappa shape index (κ1) is 15.5. The molecule has 1 aliphatic rings. The van der Waals surface area contributed by atoms with Gasteiger partial charge in [0.25, 0.3) is 0 Å². The third-order valence-corrected chi connectivity index (χ3v) is 4.08. The maximum Gasteiger partial charge on any atom is 0.431 e. The predicted molar refractivity (Wildman–Crippen MR) is 76.8 cm³/mol. The summed E-state index contributed by atoms with van der Waals surface area (Å²) in [7, 11) is 0. The third-order valence-electron chi connectivity index (χ3n) is 3.78. The summed E-state index contributed by atoms with van der Waals surface area (Å²) in [6.45, 7) is 4.12. The molecule has 120 valence electrons. The number of nitrogens with one attached hydrogen (secondary N) is 1. The number of halogens is 4. The second-order valence-electron chi connectivity index (χ2n) is 5.17. The van der Waals surface area contributed by atoms with E-state index >= 15 is 0 Å². The van der Waals surface area contributed by atoms with Gasteiger partial charge in [0.05, 0.1) is 5.39 Å². The van der Waals surface area contributed by atoms with Crippen LogP contribution in [-0.4, -0.2) is 52.2 Å². The molecule has 5 nitrogen and oxygen atoms in total. The highest BCUT2D eigenvalue weighted by Crippen LogP contribution is 2.35. The van der Waals surface area contributed by atoms with E-state index in [1.165, 1.54) is 10.9 Å². The largest absolute Gasteiger partial charge is 0.431 e. The summed E-state index contributed by atoms with van der Waals surface area (Å²) < 4.78 is 40.9. The Morgan fingerprint density at radius 1 is 1.18 bits per heavy atom. The first-order chi connectivity index (χ1) is 10.5. The molecule has 3 rings (SSSR count). The van der Waals surface area contributed by atoms with Crippen LogP contribution in [-0.2, 0) is 12.7 Å². The zero-order chi connectivity index (χ0) is 15.7. The van der Waals surface area contributed by atoms with Crippen molar-refractivity contribution in [1.29, 1.82) is 0 Å². The van der Waals surface area contributed by atoms with Crippen LogP contribution in [0, 0.1) is 0 Å². The summed E-state index contributed by atoms with van der Waals surface area (Å²) in [6.07, 6.45) is -3.26. The van der Waals surface area contributed by atoms with Crippen LogP contribution in [0.2, 0.25) is 5.15 Å². The average molecular weight is 334 g/mol. The van der Waals surface area contributed by atoms with Crippen molar-refractivity contribution in [3.05, 3.63) is 23.2 Å². The fourth-order valence-corrected chi connectivity index (χ4v) is 2.85. The summed E-state index contributed by atoms with van der Waals surface area (Å²) in [4.78, 5) is 9.86. The monoisotopic (exact) mass is 333 g/mol. The molecule has 0 spiro atoms. The Hall–Kier alpha value is -1.38. The van der Waals surface area contributed by atoms with Gasteiger partial charge in [0, 0.05) is 39.3 Å². The van der Waals surface area contributed by atoms with Gasteiger partial charge in [-0.2, -0.15) is 13.2 Å². The minimum absolute atomic E-state index is 0.0384. The second kappa shape index (κ2) is 6.02. The maximum absolute atomic E-state index is 13.2. The molecule has 0 radical (unpaired) electrons. The lowest BCUT2D eigenvalue weighted by atomic mass is 10.3. The van der Waals surface area contributed by atoms with E-state index in [1.54, 1.807) is 0 Å². The van der Waals surface area contributed by atoms with Gasteiger partial charge >= 0.3 is 6.18 Å². The van der Waals surface area contributed by atoms with Crippen LogP contribution in [0.15, 0.2) is 12.4 Å². The van der Waals surface area contributed by atoms with Crippen molar-refractivity contribution in [2.45, 2.75) is 12.7 Å². The normalized spacial score (nSPS) is 17.3. The van der Waals surface area contributed by atoms with Gasteiger partial charge in [-0.3, -0.25) is 4.90 Å². The van der Waals surface area contributed by atoms with Crippen molar-refractivity contribution >= 4 is 22.6 Å². The van der Waals surface area contributed by atoms with Gasteiger partial charge in [-0.25, -0.2) is 9.97 Å². The number of hydrogen-bond acceptors (Lipinski definition) is 4. The van der Waals surface area contributed by atoms with Crippen LogP contribution in [0.5, 0.6) is 0 Å². The predicted octanol–water partition coefficient (Wildman–Crippen LogP) is 2.01. The molecule has 9 heteroatoms. The molecule has 0 atom stereocenters. The first-order valence-corrected chi connectivity index (χ1v) is 7.34. The SMILES string of the molecule is FC(F)(F)c1cc2c(Cl)ncnc2n1CCN1CCNCC1. The zero-order valence-corrected chi connectivity index (χ0v) is 12.5. The van der Waals surface area contributed by atoms with Gasteiger partial charge in [-0.1, -0.05) is 11.6 Å². The Bertz CT molecular complexity index is 663. The van der Waals surface area contributed by atoms with Gasteiger partial charge in [-0.05, 0) is 6.07 Å². The zero-order valence-electron chi connectivity index (χ0n) is 11.7. The van der Waals surface area contributed by atoms with Crippen molar-refractivity contribution < 1.29 is 13.2 Å². The molecule has 1 fully saturated rings. The van der Waals surface area contributed by atoms with Crippen LogP contribution in [0.1, 0.15) is 5.69 Å². The lowest BCUT2D eigenvalue weighted by molar-refractivity contribution is -0.143. The van der Waals surface area contributed by atoms with Crippen LogP contribution < -0.4 is 5.32 Å².